The number of carbonyl (C=O) groups is 2. The molecule has 0 spiro atoms. The number of anilines is 2. The Labute approximate surface area is 270 Å². The van der Waals surface area contributed by atoms with E-state index in [0.29, 0.717) is 10.3 Å². The molecule has 8 aliphatic rings. The van der Waals surface area contributed by atoms with Gasteiger partial charge in [0.1, 0.15) is 11.5 Å². The summed E-state index contributed by atoms with van der Waals surface area (Å²) in [5, 5.41) is 7.80. The number of thiazole rings is 2. The van der Waals surface area contributed by atoms with E-state index >= 15 is 0 Å². The van der Waals surface area contributed by atoms with Crippen molar-refractivity contribution in [1.29, 1.82) is 0 Å². The number of nitrogens with zero attached hydrogens (tertiary/aromatic N) is 2. The summed E-state index contributed by atoms with van der Waals surface area (Å²) in [7, 11) is 0. The Balaban J connectivity index is 0.833. The summed E-state index contributed by atoms with van der Waals surface area (Å²) in [6.07, 6.45) is 14.2. The minimum Gasteiger partial charge on any atom is -0.457 e. The Morgan fingerprint density at radius 3 is 1.31 bits per heavy atom. The summed E-state index contributed by atoms with van der Waals surface area (Å²) in [6, 6.07) is 11.8. The molecule has 232 valence electrons. The number of nitrogens with one attached hydrogen (secondary N) is 2. The lowest BCUT2D eigenvalue weighted by Gasteiger charge is -2.55. The smallest absolute Gasteiger partial charge is 0.232 e. The fourth-order valence-electron chi connectivity index (χ4n) is 11.4. The van der Waals surface area contributed by atoms with Gasteiger partial charge in [0.2, 0.25) is 11.8 Å². The number of rotatable bonds is 6. The molecule has 2 amide bonds. The minimum atomic E-state index is -0.187. The molecule has 2 heterocycles. The zero-order valence-electron chi connectivity index (χ0n) is 25.3. The first kappa shape index (κ1) is 27.1. The van der Waals surface area contributed by atoms with Crippen LogP contribution in [0.5, 0.6) is 11.5 Å². The van der Waals surface area contributed by atoms with Gasteiger partial charge in [0.15, 0.2) is 10.3 Å². The van der Waals surface area contributed by atoms with Crippen LogP contribution in [0.4, 0.5) is 10.3 Å². The Hall–Kier alpha value is -3.04. The van der Waals surface area contributed by atoms with Crippen LogP contribution in [0.25, 0.3) is 20.4 Å². The molecule has 12 rings (SSSR count). The van der Waals surface area contributed by atoms with Crippen molar-refractivity contribution in [3.8, 4) is 11.5 Å². The van der Waals surface area contributed by atoms with Crippen molar-refractivity contribution in [3.05, 3.63) is 36.4 Å². The molecule has 0 aliphatic heterocycles. The van der Waals surface area contributed by atoms with Crippen molar-refractivity contribution in [2.45, 2.75) is 77.0 Å². The van der Waals surface area contributed by atoms with Crippen molar-refractivity contribution in [1.82, 2.24) is 9.97 Å². The van der Waals surface area contributed by atoms with Gasteiger partial charge in [-0.1, -0.05) is 22.7 Å². The van der Waals surface area contributed by atoms with Crippen LogP contribution in [0, 0.1) is 46.3 Å². The van der Waals surface area contributed by atoms with Crippen LogP contribution in [0.2, 0.25) is 0 Å². The van der Waals surface area contributed by atoms with Gasteiger partial charge in [0.05, 0.1) is 31.3 Å². The van der Waals surface area contributed by atoms with Gasteiger partial charge in [0, 0.05) is 12.1 Å². The zero-order chi connectivity index (χ0) is 29.9. The molecule has 7 nitrogen and oxygen atoms in total. The van der Waals surface area contributed by atoms with Crippen molar-refractivity contribution in [3.63, 3.8) is 0 Å². The molecule has 2 aromatic heterocycles. The third kappa shape index (κ3) is 4.54. The highest BCUT2D eigenvalue weighted by Gasteiger charge is 2.56. The quantitative estimate of drug-likeness (QED) is 0.220. The molecular formula is C36H38N4O3S2. The molecule has 2 N–H and O–H groups in total. The van der Waals surface area contributed by atoms with Gasteiger partial charge in [-0.2, -0.15) is 0 Å². The van der Waals surface area contributed by atoms with E-state index in [1.165, 1.54) is 61.2 Å². The molecule has 2 aromatic carbocycles. The first-order valence-electron chi connectivity index (χ1n) is 17.0. The summed E-state index contributed by atoms with van der Waals surface area (Å²) in [4.78, 5) is 36.6. The average Bonchev–Trinajstić information content (AvgIpc) is 3.58. The third-order valence-electron chi connectivity index (χ3n) is 12.4. The van der Waals surface area contributed by atoms with E-state index in [1.54, 1.807) is 0 Å². The van der Waals surface area contributed by atoms with E-state index in [9.17, 15) is 9.59 Å². The highest BCUT2D eigenvalue weighted by atomic mass is 32.1. The molecule has 0 radical (unpaired) electrons. The predicted molar refractivity (Wildman–Crippen MR) is 178 cm³/mol. The topological polar surface area (TPSA) is 93.2 Å². The first-order valence-corrected chi connectivity index (χ1v) is 18.6. The highest BCUT2D eigenvalue weighted by Crippen LogP contribution is 2.61. The lowest BCUT2D eigenvalue weighted by Crippen LogP contribution is -2.51. The minimum absolute atomic E-state index is 0.184. The SMILES string of the molecule is O=C(Nc1nc2ccc(Oc3ccc4nc(NC(=O)C56CC7CC(CC(C7)C5)C6)sc4c3)cc2s1)C12CC3CC(CC(C3)C1)C2. The lowest BCUT2D eigenvalue weighted by atomic mass is 9.49. The maximum atomic E-state index is 13.6. The van der Waals surface area contributed by atoms with Crippen LogP contribution >= 0.6 is 22.7 Å². The molecule has 45 heavy (non-hydrogen) atoms. The van der Waals surface area contributed by atoms with Gasteiger partial charge in [0.25, 0.3) is 0 Å². The van der Waals surface area contributed by atoms with Crippen LogP contribution in [-0.2, 0) is 9.59 Å². The van der Waals surface area contributed by atoms with E-state index in [-0.39, 0.29) is 22.6 Å². The lowest BCUT2D eigenvalue weighted by molar-refractivity contribution is -0.141. The van der Waals surface area contributed by atoms with Crippen molar-refractivity contribution in [2.24, 2.45) is 46.3 Å². The molecule has 8 aliphatic carbocycles. The summed E-state index contributed by atoms with van der Waals surface area (Å²) >= 11 is 3.03. The van der Waals surface area contributed by atoms with Gasteiger partial charge >= 0.3 is 0 Å². The second kappa shape index (κ2) is 9.74. The largest absolute Gasteiger partial charge is 0.457 e. The summed E-state index contributed by atoms with van der Waals surface area (Å²) in [5.74, 6) is 6.23. The standard InChI is InChI=1S/C36H38N4O3S2/c41-31(35-13-19-5-20(14-35)7-21(6-19)15-35)39-33-37-27-3-1-25(11-29(27)44-33)43-26-2-4-28-30(12-26)45-34(38-28)40-32(42)36-16-22-8-23(17-36)10-24(9-22)18-36/h1-4,11-12,19-24H,5-10,13-18H2,(H,37,39,41)(H,38,40,42). The number of amides is 2. The number of ether oxygens (including phenoxy) is 1. The predicted octanol–water partition coefficient (Wildman–Crippen LogP) is 9.01. The van der Waals surface area contributed by atoms with Crippen LogP contribution in [-0.4, -0.2) is 21.8 Å². The van der Waals surface area contributed by atoms with Gasteiger partial charge in [-0.15, -0.1) is 0 Å². The van der Waals surface area contributed by atoms with Crippen LogP contribution in [0.15, 0.2) is 36.4 Å². The van der Waals surface area contributed by atoms with Crippen LogP contribution in [0.1, 0.15) is 77.0 Å². The number of aromatic nitrogens is 2. The molecule has 9 heteroatoms. The number of benzene rings is 2. The average molecular weight is 639 g/mol. The summed E-state index contributed by atoms with van der Waals surface area (Å²) in [6.45, 7) is 0. The number of carbonyl (C=O) groups excluding carboxylic acids is 2. The maximum Gasteiger partial charge on any atom is 0.232 e. The molecule has 0 unspecified atom stereocenters. The Kier molecular flexibility index (Phi) is 5.87. The van der Waals surface area contributed by atoms with E-state index in [0.717, 1.165) is 106 Å². The molecule has 8 saturated carbocycles. The second-order valence-electron chi connectivity index (χ2n) is 15.7. The van der Waals surface area contributed by atoms with Gasteiger partial charge in [-0.25, -0.2) is 9.97 Å². The van der Waals surface area contributed by atoms with Crippen molar-refractivity contribution >= 4 is 65.2 Å². The summed E-state index contributed by atoms with van der Waals surface area (Å²) < 4.78 is 8.26. The molecule has 4 aromatic rings. The number of fused-ring (bicyclic) bond motifs is 2. The normalized spacial score (nSPS) is 35.7. The zero-order valence-corrected chi connectivity index (χ0v) is 27.0. The van der Waals surface area contributed by atoms with E-state index in [2.05, 4.69) is 10.6 Å². The van der Waals surface area contributed by atoms with Crippen LogP contribution in [0.3, 0.4) is 0 Å². The fraction of sp³-hybridized carbons (Fsp3) is 0.556. The monoisotopic (exact) mass is 638 g/mol. The molecule has 8 bridgehead atoms. The molecule has 8 fully saturated rings. The van der Waals surface area contributed by atoms with Gasteiger partial charge in [-0.3, -0.25) is 9.59 Å². The van der Waals surface area contributed by atoms with Gasteiger partial charge < -0.3 is 15.4 Å². The van der Waals surface area contributed by atoms with E-state index in [1.807, 2.05) is 36.4 Å². The van der Waals surface area contributed by atoms with Crippen LogP contribution < -0.4 is 15.4 Å². The van der Waals surface area contributed by atoms with Crippen molar-refractivity contribution in [2.75, 3.05) is 10.6 Å². The maximum absolute atomic E-state index is 13.6. The fourth-order valence-corrected chi connectivity index (χ4v) is 13.2. The van der Waals surface area contributed by atoms with Crippen molar-refractivity contribution < 1.29 is 14.3 Å². The molecule has 0 atom stereocenters. The third-order valence-corrected chi connectivity index (χ3v) is 14.3. The number of hydrogen-bond acceptors (Lipinski definition) is 7. The Morgan fingerprint density at radius 1 is 0.600 bits per heavy atom. The second-order valence-corrected chi connectivity index (χ2v) is 17.8. The Morgan fingerprint density at radius 2 is 0.956 bits per heavy atom. The van der Waals surface area contributed by atoms with E-state index < -0.39 is 0 Å². The highest BCUT2D eigenvalue weighted by molar-refractivity contribution is 7.22. The molecular weight excluding hydrogens is 601 g/mol. The van der Waals surface area contributed by atoms with E-state index in [4.69, 9.17) is 14.7 Å². The van der Waals surface area contributed by atoms with Gasteiger partial charge in [-0.05, 0) is 137 Å². The summed E-state index contributed by atoms with van der Waals surface area (Å²) in [5.41, 5.74) is 1.36. The molecule has 0 saturated heterocycles. The number of hydrogen-bond donors (Lipinski definition) is 2. The Bertz CT molecular complexity index is 1670. The first-order chi connectivity index (χ1) is 21.8.